The molecule has 3 atom stereocenters. The SMILES string of the molecule is O=C(O)c1ncoc1C1CCN(C(=O)[C@@H]2C[C@H]3C=C[C@@H]2C32CC2)CC1. The lowest BCUT2D eigenvalue weighted by Gasteiger charge is -2.34. The number of likely N-dealkylation sites (tertiary alicyclic amines) is 1. The standard InChI is InChI=1S/C19H22N2O4/c22-17(13-9-12-1-2-14(13)19(12)5-6-19)21-7-3-11(4-8-21)16-15(18(23)24)20-10-25-16/h1-2,10-14H,3-9H2,(H,23,24)/t12-,13-,14+/m1/s1. The van der Waals surface area contributed by atoms with Gasteiger partial charge in [0.25, 0.3) is 0 Å². The van der Waals surface area contributed by atoms with Crippen LogP contribution in [0.5, 0.6) is 0 Å². The van der Waals surface area contributed by atoms with Crippen LogP contribution in [0.15, 0.2) is 23.0 Å². The maximum atomic E-state index is 13.0. The third-order valence-corrected chi connectivity index (χ3v) is 7.01. The fourth-order valence-electron chi connectivity index (χ4n) is 5.56. The van der Waals surface area contributed by atoms with Crippen molar-refractivity contribution < 1.29 is 19.1 Å². The molecule has 5 rings (SSSR count). The Morgan fingerprint density at radius 2 is 2.00 bits per heavy atom. The molecule has 3 fully saturated rings. The summed E-state index contributed by atoms with van der Waals surface area (Å²) in [4.78, 5) is 30.0. The molecule has 1 N–H and O–H groups in total. The number of carboxylic acid groups (broad SMARTS) is 1. The van der Waals surface area contributed by atoms with Gasteiger partial charge in [0.1, 0.15) is 5.76 Å². The quantitative estimate of drug-likeness (QED) is 0.854. The summed E-state index contributed by atoms with van der Waals surface area (Å²) in [5, 5.41) is 9.19. The van der Waals surface area contributed by atoms with Crippen LogP contribution in [0, 0.1) is 23.2 Å². The summed E-state index contributed by atoms with van der Waals surface area (Å²) in [6.07, 6.45) is 10.9. The molecule has 6 heteroatoms. The van der Waals surface area contributed by atoms with Gasteiger partial charge in [-0.2, -0.15) is 0 Å². The van der Waals surface area contributed by atoms with Gasteiger partial charge in [0, 0.05) is 24.9 Å². The molecule has 1 aliphatic heterocycles. The molecule has 1 amide bonds. The lowest BCUT2D eigenvalue weighted by Crippen LogP contribution is -2.42. The Balaban J connectivity index is 1.25. The Bertz CT molecular complexity index is 755. The van der Waals surface area contributed by atoms with E-state index >= 15 is 0 Å². The number of aromatic carboxylic acids is 1. The Labute approximate surface area is 145 Å². The third-order valence-electron chi connectivity index (χ3n) is 7.01. The molecule has 1 saturated heterocycles. The first-order chi connectivity index (χ1) is 12.1. The van der Waals surface area contributed by atoms with E-state index < -0.39 is 5.97 Å². The topological polar surface area (TPSA) is 83.6 Å². The molecule has 2 saturated carbocycles. The van der Waals surface area contributed by atoms with E-state index in [1.807, 2.05) is 4.90 Å². The number of hydrogen-bond acceptors (Lipinski definition) is 4. The average Bonchev–Trinajstić information content (AvgIpc) is 3.01. The normalized spacial score (nSPS) is 32.5. The number of hydrogen-bond donors (Lipinski definition) is 1. The number of aromatic nitrogens is 1. The first-order valence-corrected chi connectivity index (χ1v) is 9.24. The number of carboxylic acids is 1. The van der Waals surface area contributed by atoms with Crippen molar-refractivity contribution in [3.63, 3.8) is 0 Å². The number of carbonyl (C=O) groups is 2. The van der Waals surface area contributed by atoms with E-state index in [1.165, 1.54) is 19.2 Å². The molecule has 1 aromatic heterocycles. The zero-order valence-corrected chi connectivity index (χ0v) is 14.1. The van der Waals surface area contributed by atoms with Crippen molar-refractivity contribution in [2.24, 2.45) is 23.2 Å². The van der Waals surface area contributed by atoms with Gasteiger partial charge in [0.2, 0.25) is 5.91 Å². The van der Waals surface area contributed by atoms with Gasteiger partial charge >= 0.3 is 5.97 Å². The van der Waals surface area contributed by atoms with Crippen molar-refractivity contribution in [1.82, 2.24) is 9.88 Å². The van der Waals surface area contributed by atoms with Gasteiger partial charge in [-0.25, -0.2) is 9.78 Å². The molecule has 0 aromatic carbocycles. The Hall–Kier alpha value is -2.11. The van der Waals surface area contributed by atoms with Crippen LogP contribution < -0.4 is 0 Å². The molecule has 4 aliphatic rings. The van der Waals surface area contributed by atoms with Crippen molar-refractivity contribution in [2.45, 2.75) is 38.0 Å². The first-order valence-electron chi connectivity index (χ1n) is 9.24. The highest BCUT2D eigenvalue weighted by Gasteiger charge is 2.64. The molecule has 1 aromatic rings. The summed E-state index contributed by atoms with van der Waals surface area (Å²) in [6, 6.07) is 0. The van der Waals surface area contributed by atoms with Crippen molar-refractivity contribution in [3.05, 3.63) is 30.0 Å². The van der Waals surface area contributed by atoms with E-state index in [9.17, 15) is 14.7 Å². The average molecular weight is 342 g/mol. The monoisotopic (exact) mass is 342 g/mol. The Kier molecular flexibility index (Phi) is 3.15. The summed E-state index contributed by atoms with van der Waals surface area (Å²) >= 11 is 0. The molecule has 0 unspecified atom stereocenters. The zero-order valence-electron chi connectivity index (χ0n) is 14.1. The molecule has 6 nitrogen and oxygen atoms in total. The first kappa shape index (κ1) is 15.2. The Morgan fingerprint density at radius 3 is 2.64 bits per heavy atom. The second-order valence-electron chi connectivity index (χ2n) is 8.06. The highest BCUT2D eigenvalue weighted by atomic mass is 16.4. The van der Waals surface area contributed by atoms with Gasteiger partial charge in [-0.15, -0.1) is 0 Å². The van der Waals surface area contributed by atoms with E-state index in [-0.39, 0.29) is 17.5 Å². The van der Waals surface area contributed by atoms with Crippen LogP contribution in [0.3, 0.4) is 0 Å². The molecule has 132 valence electrons. The maximum Gasteiger partial charge on any atom is 0.358 e. The van der Waals surface area contributed by atoms with Crippen LogP contribution in [0.1, 0.15) is 54.3 Å². The number of amides is 1. The highest BCUT2D eigenvalue weighted by Crippen LogP contribution is 2.70. The minimum Gasteiger partial charge on any atom is -0.476 e. The number of oxazole rings is 1. The van der Waals surface area contributed by atoms with Crippen molar-refractivity contribution in [2.75, 3.05) is 13.1 Å². The summed E-state index contributed by atoms with van der Waals surface area (Å²) in [5.41, 5.74) is 0.452. The number of piperidine rings is 1. The van der Waals surface area contributed by atoms with E-state index in [4.69, 9.17) is 4.42 Å². The molecule has 1 spiro atoms. The lowest BCUT2D eigenvalue weighted by atomic mass is 9.86. The van der Waals surface area contributed by atoms with Crippen molar-refractivity contribution in [1.29, 1.82) is 0 Å². The van der Waals surface area contributed by atoms with Gasteiger partial charge in [-0.3, -0.25) is 4.79 Å². The highest BCUT2D eigenvalue weighted by molar-refractivity contribution is 5.86. The fourth-order valence-corrected chi connectivity index (χ4v) is 5.56. The summed E-state index contributed by atoms with van der Waals surface area (Å²) in [6.45, 7) is 1.35. The van der Waals surface area contributed by atoms with Crippen LogP contribution in [0.4, 0.5) is 0 Å². The summed E-state index contributed by atoms with van der Waals surface area (Å²) < 4.78 is 5.33. The predicted octanol–water partition coefficient (Wildman–Crippen LogP) is 2.68. The largest absolute Gasteiger partial charge is 0.476 e. The molecule has 0 radical (unpaired) electrons. The van der Waals surface area contributed by atoms with Crippen molar-refractivity contribution in [3.8, 4) is 0 Å². The van der Waals surface area contributed by atoms with Gasteiger partial charge < -0.3 is 14.4 Å². The molecule has 2 bridgehead atoms. The second kappa shape index (κ2) is 5.19. The Morgan fingerprint density at radius 1 is 1.24 bits per heavy atom. The van der Waals surface area contributed by atoms with Crippen LogP contribution in [-0.2, 0) is 4.79 Å². The number of rotatable bonds is 3. The molecular formula is C19H22N2O4. The van der Waals surface area contributed by atoms with Crippen LogP contribution in [-0.4, -0.2) is 40.0 Å². The van der Waals surface area contributed by atoms with Crippen LogP contribution >= 0.6 is 0 Å². The van der Waals surface area contributed by atoms with Gasteiger partial charge in [0.05, 0.1) is 0 Å². The third kappa shape index (κ3) is 2.12. The minimum atomic E-state index is -1.05. The van der Waals surface area contributed by atoms with Crippen molar-refractivity contribution >= 4 is 11.9 Å². The van der Waals surface area contributed by atoms with Gasteiger partial charge in [-0.05, 0) is 49.4 Å². The van der Waals surface area contributed by atoms with E-state index in [2.05, 4.69) is 17.1 Å². The predicted molar refractivity (Wildman–Crippen MR) is 87.9 cm³/mol. The summed E-state index contributed by atoms with van der Waals surface area (Å²) in [7, 11) is 0. The van der Waals surface area contributed by atoms with E-state index in [0.717, 1.165) is 19.3 Å². The summed E-state index contributed by atoms with van der Waals surface area (Å²) in [5.74, 6) is 0.982. The molecule has 25 heavy (non-hydrogen) atoms. The fraction of sp³-hybridized carbons (Fsp3) is 0.632. The lowest BCUT2D eigenvalue weighted by molar-refractivity contribution is -0.137. The van der Waals surface area contributed by atoms with Crippen LogP contribution in [0.25, 0.3) is 0 Å². The number of nitrogens with zero attached hydrogens (tertiary/aromatic N) is 2. The smallest absolute Gasteiger partial charge is 0.358 e. The molecule has 3 aliphatic carbocycles. The number of allylic oxidation sites excluding steroid dienone is 2. The molecular weight excluding hydrogens is 320 g/mol. The number of carbonyl (C=O) groups excluding carboxylic acids is 1. The van der Waals surface area contributed by atoms with E-state index in [1.54, 1.807) is 0 Å². The van der Waals surface area contributed by atoms with Crippen LogP contribution in [0.2, 0.25) is 0 Å². The van der Waals surface area contributed by atoms with E-state index in [0.29, 0.717) is 42.0 Å². The molecule has 2 heterocycles. The minimum absolute atomic E-state index is 0.0127. The zero-order chi connectivity index (χ0) is 17.2. The van der Waals surface area contributed by atoms with Gasteiger partial charge in [0.15, 0.2) is 12.1 Å². The van der Waals surface area contributed by atoms with Gasteiger partial charge in [-0.1, -0.05) is 12.2 Å². The maximum absolute atomic E-state index is 13.0. The second-order valence-corrected chi connectivity index (χ2v) is 8.06.